The first-order chi connectivity index (χ1) is 8.29. The lowest BCUT2D eigenvalue weighted by molar-refractivity contribution is -0.140. The van der Waals surface area contributed by atoms with E-state index in [1.54, 1.807) is 4.90 Å². The van der Waals surface area contributed by atoms with Gasteiger partial charge in [-0.05, 0) is 0 Å². The van der Waals surface area contributed by atoms with Gasteiger partial charge < -0.3 is 19.7 Å². The number of rotatable bonds is 2. The first-order valence-corrected chi connectivity index (χ1v) is 5.91. The van der Waals surface area contributed by atoms with Gasteiger partial charge in [-0.3, -0.25) is 4.79 Å². The van der Waals surface area contributed by atoms with Crippen molar-refractivity contribution in [2.24, 2.45) is 0 Å². The van der Waals surface area contributed by atoms with Crippen molar-refractivity contribution in [2.75, 3.05) is 39.4 Å². The number of nitriles is 1. The maximum Gasteiger partial charge on any atom is 0.225 e. The van der Waals surface area contributed by atoms with Crippen LogP contribution in [0.4, 0.5) is 0 Å². The van der Waals surface area contributed by atoms with Crippen LogP contribution in [-0.2, 0) is 14.3 Å². The average molecular weight is 239 g/mol. The largest absolute Gasteiger partial charge is 0.375 e. The Hall–Kier alpha value is -1.16. The van der Waals surface area contributed by atoms with Gasteiger partial charge in [0.05, 0.1) is 38.4 Å². The molecule has 6 nitrogen and oxygen atoms in total. The van der Waals surface area contributed by atoms with Crippen molar-refractivity contribution in [1.29, 1.82) is 5.26 Å². The number of hydrogen-bond acceptors (Lipinski definition) is 5. The average Bonchev–Trinajstić information content (AvgIpc) is 2.40. The van der Waals surface area contributed by atoms with Gasteiger partial charge in [0.15, 0.2) is 6.10 Å². The third-order valence-electron chi connectivity index (χ3n) is 2.97. The summed E-state index contributed by atoms with van der Waals surface area (Å²) >= 11 is 0. The predicted molar refractivity (Wildman–Crippen MR) is 59.2 cm³/mol. The second-order valence-electron chi connectivity index (χ2n) is 4.23. The highest BCUT2D eigenvalue weighted by Gasteiger charge is 2.26. The molecule has 2 unspecified atom stereocenters. The van der Waals surface area contributed by atoms with Gasteiger partial charge in [0.25, 0.3) is 0 Å². The van der Waals surface area contributed by atoms with Crippen LogP contribution in [-0.4, -0.2) is 62.4 Å². The zero-order chi connectivity index (χ0) is 12.1. The van der Waals surface area contributed by atoms with Crippen molar-refractivity contribution in [3.63, 3.8) is 0 Å². The van der Waals surface area contributed by atoms with E-state index in [4.69, 9.17) is 14.7 Å². The molecule has 1 amide bonds. The molecule has 2 heterocycles. The number of hydrogen-bond donors (Lipinski definition) is 1. The highest BCUT2D eigenvalue weighted by atomic mass is 16.5. The van der Waals surface area contributed by atoms with E-state index in [9.17, 15) is 4.79 Å². The first kappa shape index (κ1) is 12.3. The normalized spacial score (nSPS) is 29.7. The maximum absolute atomic E-state index is 12.0. The van der Waals surface area contributed by atoms with Crippen LogP contribution < -0.4 is 5.32 Å². The zero-order valence-corrected chi connectivity index (χ0v) is 9.72. The molecule has 6 heteroatoms. The molecule has 2 fully saturated rings. The number of carbonyl (C=O) groups is 1. The quantitative estimate of drug-likeness (QED) is 0.677. The van der Waals surface area contributed by atoms with Crippen LogP contribution in [0, 0.1) is 11.3 Å². The summed E-state index contributed by atoms with van der Waals surface area (Å²) in [5, 5.41) is 12.0. The predicted octanol–water partition coefficient (Wildman–Crippen LogP) is -0.884. The number of morpholine rings is 2. The molecule has 0 radical (unpaired) electrons. The number of amides is 1. The Morgan fingerprint density at radius 2 is 2.35 bits per heavy atom. The van der Waals surface area contributed by atoms with Crippen LogP contribution in [0.15, 0.2) is 0 Å². The molecule has 17 heavy (non-hydrogen) atoms. The molecular formula is C11H17N3O3. The van der Waals surface area contributed by atoms with E-state index < -0.39 is 6.10 Å². The van der Waals surface area contributed by atoms with E-state index in [-0.39, 0.29) is 12.0 Å². The molecule has 0 saturated carbocycles. The van der Waals surface area contributed by atoms with Crippen LogP contribution in [0.25, 0.3) is 0 Å². The van der Waals surface area contributed by atoms with Crippen LogP contribution >= 0.6 is 0 Å². The molecule has 2 saturated heterocycles. The van der Waals surface area contributed by atoms with E-state index in [1.807, 2.05) is 6.07 Å². The summed E-state index contributed by atoms with van der Waals surface area (Å²) in [6.07, 6.45) is -0.150. The second-order valence-corrected chi connectivity index (χ2v) is 4.23. The van der Waals surface area contributed by atoms with E-state index >= 15 is 0 Å². The summed E-state index contributed by atoms with van der Waals surface area (Å²) in [5.74, 6) is 0.0438. The number of nitrogens with zero attached hydrogens (tertiary/aromatic N) is 2. The maximum atomic E-state index is 12.0. The Balaban J connectivity index is 1.80. The summed E-state index contributed by atoms with van der Waals surface area (Å²) in [4.78, 5) is 13.7. The van der Waals surface area contributed by atoms with Gasteiger partial charge in [0.1, 0.15) is 0 Å². The monoisotopic (exact) mass is 239 g/mol. The van der Waals surface area contributed by atoms with Crippen molar-refractivity contribution in [3.8, 4) is 6.07 Å². The summed E-state index contributed by atoms with van der Waals surface area (Å²) in [6.45, 7) is 3.60. The van der Waals surface area contributed by atoms with E-state index in [1.165, 1.54) is 0 Å². The lowest BCUT2D eigenvalue weighted by Crippen LogP contribution is -2.48. The molecule has 2 atom stereocenters. The highest BCUT2D eigenvalue weighted by molar-refractivity contribution is 5.77. The molecule has 94 valence electrons. The Labute approximate surface area is 100 Å². The molecule has 0 aromatic heterocycles. The molecule has 2 aliphatic heterocycles. The number of carbonyl (C=O) groups excluding carboxylic acids is 1. The van der Waals surface area contributed by atoms with E-state index in [2.05, 4.69) is 5.32 Å². The molecule has 0 aromatic carbocycles. The molecule has 0 aromatic rings. The van der Waals surface area contributed by atoms with E-state index in [0.717, 1.165) is 13.1 Å². The van der Waals surface area contributed by atoms with Crippen molar-refractivity contribution in [2.45, 2.75) is 18.6 Å². The smallest absolute Gasteiger partial charge is 0.225 e. The molecule has 2 aliphatic rings. The van der Waals surface area contributed by atoms with E-state index in [0.29, 0.717) is 32.7 Å². The highest BCUT2D eigenvalue weighted by Crippen LogP contribution is 2.09. The fraction of sp³-hybridized carbons (Fsp3) is 0.818. The van der Waals surface area contributed by atoms with Crippen molar-refractivity contribution in [3.05, 3.63) is 0 Å². The summed E-state index contributed by atoms with van der Waals surface area (Å²) in [6, 6.07) is 2.03. The minimum absolute atomic E-state index is 0.0420. The van der Waals surface area contributed by atoms with Crippen LogP contribution in [0.1, 0.15) is 6.42 Å². The summed E-state index contributed by atoms with van der Waals surface area (Å²) < 4.78 is 10.7. The molecule has 1 N–H and O–H groups in total. The van der Waals surface area contributed by atoms with Crippen LogP contribution in [0.2, 0.25) is 0 Å². The Kier molecular flexibility index (Phi) is 4.31. The van der Waals surface area contributed by atoms with Crippen molar-refractivity contribution >= 4 is 5.91 Å². The number of nitrogens with one attached hydrogen (secondary N) is 1. The van der Waals surface area contributed by atoms with Gasteiger partial charge in [-0.2, -0.15) is 5.26 Å². The van der Waals surface area contributed by atoms with Gasteiger partial charge in [-0.25, -0.2) is 0 Å². The van der Waals surface area contributed by atoms with Crippen molar-refractivity contribution < 1.29 is 14.3 Å². The minimum atomic E-state index is -0.488. The van der Waals surface area contributed by atoms with Gasteiger partial charge in [0, 0.05) is 19.6 Å². The standard InChI is InChI=1S/C11H17N3O3/c12-6-10-8-14(2-4-17-10)11(15)5-9-7-13-1-3-16-9/h9-10,13H,1-5,7-8H2. The first-order valence-electron chi connectivity index (χ1n) is 5.91. The Bertz CT molecular complexity index is 310. The molecule has 0 bridgehead atoms. The topological polar surface area (TPSA) is 74.6 Å². The van der Waals surface area contributed by atoms with Gasteiger partial charge >= 0.3 is 0 Å². The van der Waals surface area contributed by atoms with Gasteiger partial charge in [-0.1, -0.05) is 0 Å². The summed E-state index contributed by atoms with van der Waals surface area (Å²) in [7, 11) is 0. The third-order valence-corrected chi connectivity index (χ3v) is 2.97. The molecular weight excluding hydrogens is 222 g/mol. The third kappa shape index (κ3) is 3.40. The lowest BCUT2D eigenvalue weighted by atomic mass is 10.2. The molecule has 2 rings (SSSR count). The molecule has 0 aliphatic carbocycles. The lowest BCUT2D eigenvalue weighted by Gasteiger charge is -2.31. The van der Waals surface area contributed by atoms with Crippen molar-refractivity contribution in [1.82, 2.24) is 10.2 Å². The fourth-order valence-corrected chi connectivity index (χ4v) is 2.03. The zero-order valence-electron chi connectivity index (χ0n) is 9.72. The van der Waals surface area contributed by atoms with Crippen LogP contribution in [0.5, 0.6) is 0 Å². The minimum Gasteiger partial charge on any atom is -0.375 e. The number of ether oxygens (including phenoxy) is 2. The summed E-state index contributed by atoms with van der Waals surface area (Å²) in [5.41, 5.74) is 0. The second kappa shape index (κ2) is 5.96. The van der Waals surface area contributed by atoms with Crippen LogP contribution in [0.3, 0.4) is 0 Å². The SMILES string of the molecule is N#CC1CN(C(=O)CC2CNCCO2)CCO1. The fourth-order valence-electron chi connectivity index (χ4n) is 2.03. The van der Waals surface area contributed by atoms with Gasteiger partial charge in [-0.15, -0.1) is 0 Å². The Morgan fingerprint density at radius 1 is 1.47 bits per heavy atom. The van der Waals surface area contributed by atoms with Gasteiger partial charge in [0.2, 0.25) is 5.91 Å². The Morgan fingerprint density at radius 3 is 3.06 bits per heavy atom. The molecule has 0 spiro atoms.